The number of oxazole rings is 1. The van der Waals surface area contributed by atoms with Gasteiger partial charge in [-0.05, 0) is 17.5 Å². The largest absolute Gasteiger partial charge is 0.436 e. The van der Waals surface area contributed by atoms with Crippen molar-refractivity contribution in [1.82, 2.24) is 9.97 Å². The van der Waals surface area contributed by atoms with Crippen molar-refractivity contribution in [1.29, 1.82) is 0 Å². The second-order valence-electron chi connectivity index (χ2n) is 4.80. The van der Waals surface area contributed by atoms with Crippen molar-refractivity contribution in [3.63, 3.8) is 0 Å². The molecular weight excluding hydrogens is 260 g/mol. The number of aromatic nitrogens is 2. The molecule has 0 atom stereocenters. The maximum atomic E-state index is 5.93. The first-order chi connectivity index (χ1) is 10.4. The van der Waals surface area contributed by atoms with Gasteiger partial charge in [-0.25, -0.2) is 4.98 Å². The van der Waals surface area contributed by atoms with Crippen molar-refractivity contribution in [2.24, 2.45) is 0 Å². The number of pyridine rings is 1. The SMILES string of the molecule is c1ccc(-c2cnc(-c3cccc4cnccc34)o2)cc1. The number of rotatable bonds is 2. The van der Waals surface area contributed by atoms with Gasteiger partial charge in [0.25, 0.3) is 0 Å². The van der Waals surface area contributed by atoms with Crippen LogP contribution >= 0.6 is 0 Å². The monoisotopic (exact) mass is 272 g/mol. The summed E-state index contributed by atoms with van der Waals surface area (Å²) in [7, 11) is 0. The first-order valence-corrected chi connectivity index (χ1v) is 6.76. The van der Waals surface area contributed by atoms with E-state index in [0.717, 1.165) is 27.7 Å². The Morgan fingerprint density at radius 1 is 0.810 bits per heavy atom. The van der Waals surface area contributed by atoms with E-state index in [1.165, 1.54) is 0 Å². The molecule has 4 aromatic rings. The van der Waals surface area contributed by atoms with E-state index in [-0.39, 0.29) is 0 Å². The predicted octanol–water partition coefficient (Wildman–Crippen LogP) is 4.56. The van der Waals surface area contributed by atoms with E-state index >= 15 is 0 Å². The summed E-state index contributed by atoms with van der Waals surface area (Å²) < 4.78 is 5.93. The van der Waals surface area contributed by atoms with Gasteiger partial charge >= 0.3 is 0 Å². The minimum Gasteiger partial charge on any atom is -0.436 e. The molecule has 0 bridgehead atoms. The Bertz CT molecular complexity index is 892. The molecule has 0 N–H and O–H groups in total. The second-order valence-corrected chi connectivity index (χ2v) is 4.80. The summed E-state index contributed by atoms with van der Waals surface area (Å²) in [5.41, 5.74) is 2.01. The predicted molar refractivity (Wildman–Crippen MR) is 82.7 cm³/mol. The Kier molecular flexibility index (Phi) is 2.75. The van der Waals surface area contributed by atoms with E-state index in [9.17, 15) is 0 Å². The van der Waals surface area contributed by atoms with Crippen LogP contribution in [0.4, 0.5) is 0 Å². The third-order valence-electron chi connectivity index (χ3n) is 3.48. The lowest BCUT2D eigenvalue weighted by Gasteiger charge is -2.02. The molecule has 2 aromatic carbocycles. The van der Waals surface area contributed by atoms with E-state index in [2.05, 4.69) is 9.97 Å². The molecule has 0 aliphatic rings. The Morgan fingerprint density at radius 3 is 2.62 bits per heavy atom. The summed E-state index contributed by atoms with van der Waals surface area (Å²) in [5.74, 6) is 1.40. The lowest BCUT2D eigenvalue weighted by molar-refractivity contribution is 0.589. The smallest absolute Gasteiger partial charge is 0.227 e. The fraction of sp³-hybridized carbons (Fsp3) is 0. The van der Waals surface area contributed by atoms with Gasteiger partial charge in [-0.2, -0.15) is 0 Å². The first kappa shape index (κ1) is 11.9. The molecule has 21 heavy (non-hydrogen) atoms. The van der Waals surface area contributed by atoms with Crippen molar-refractivity contribution in [3.05, 3.63) is 73.2 Å². The van der Waals surface area contributed by atoms with Gasteiger partial charge in [0.05, 0.1) is 6.20 Å². The Labute approximate surface area is 121 Å². The molecule has 0 radical (unpaired) electrons. The van der Waals surface area contributed by atoms with Gasteiger partial charge in [0.1, 0.15) is 0 Å². The Balaban J connectivity index is 1.85. The molecular formula is C18H12N2O. The van der Waals surface area contributed by atoms with Crippen LogP contribution in [0, 0.1) is 0 Å². The standard InChI is InChI=1S/C18H12N2O/c1-2-5-13(6-3-1)17-12-20-18(21-17)16-8-4-7-14-11-19-10-9-15(14)16/h1-12H. The lowest BCUT2D eigenvalue weighted by Crippen LogP contribution is -1.81. The van der Waals surface area contributed by atoms with Crippen LogP contribution in [0.1, 0.15) is 0 Å². The van der Waals surface area contributed by atoms with E-state index < -0.39 is 0 Å². The normalized spacial score (nSPS) is 10.9. The molecule has 0 amide bonds. The maximum Gasteiger partial charge on any atom is 0.227 e. The van der Waals surface area contributed by atoms with Gasteiger partial charge in [-0.15, -0.1) is 0 Å². The Morgan fingerprint density at radius 2 is 1.71 bits per heavy atom. The minimum absolute atomic E-state index is 0.630. The third kappa shape index (κ3) is 2.09. The van der Waals surface area contributed by atoms with Crippen molar-refractivity contribution >= 4 is 10.8 Å². The number of hydrogen-bond donors (Lipinski definition) is 0. The zero-order chi connectivity index (χ0) is 14.1. The molecule has 0 fully saturated rings. The summed E-state index contributed by atoms with van der Waals surface area (Å²) in [4.78, 5) is 8.58. The van der Waals surface area contributed by atoms with E-state index in [4.69, 9.17) is 4.42 Å². The summed E-state index contributed by atoms with van der Waals surface area (Å²) in [6.45, 7) is 0. The van der Waals surface area contributed by atoms with Gasteiger partial charge in [0.15, 0.2) is 5.76 Å². The van der Waals surface area contributed by atoms with Crippen LogP contribution in [0.2, 0.25) is 0 Å². The van der Waals surface area contributed by atoms with Gasteiger partial charge in [-0.1, -0.05) is 42.5 Å². The van der Waals surface area contributed by atoms with Crippen molar-refractivity contribution in [2.75, 3.05) is 0 Å². The number of hydrogen-bond acceptors (Lipinski definition) is 3. The zero-order valence-corrected chi connectivity index (χ0v) is 11.2. The van der Waals surface area contributed by atoms with E-state index in [0.29, 0.717) is 5.89 Å². The van der Waals surface area contributed by atoms with Crippen molar-refractivity contribution in [3.8, 4) is 22.8 Å². The van der Waals surface area contributed by atoms with Gasteiger partial charge in [-0.3, -0.25) is 4.98 Å². The van der Waals surface area contributed by atoms with Gasteiger partial charge < -0.3 is 4.42 Å². The van der Waals surface area contributed by atoms with Crippen molar-refractivity contribution < 1.29 is 4.42 Å². The molecule has 0 aliphatic carbocycles. The van der Waals surface area contributed by atoms with Crippen LogP contribution in [-0.4, -0.2) is 9.97 Å². The van der Waals surface area contributed by atoms with Gasteiger partial charge in [0, 0.05) is 28.9 Å². The van der Waals surface area contributed by atoms with Crippen LogP contribution in [0.15, 0.2) is 77.6 Å². The van der Waals surface area contributed by atoms with Gasteiger partial charge in [0.2, 0.25) is 5.89 Å². The minimum atomic E-state index is 0.630. The molecule has 2 heterocycles. The quantitative estimate of drug-likeness (QED) is 0.537. The van der Waals surface area contributed by atoms with Crippen LogP contribution in [0.25, 0.3) is 33.6 Å². The molecule has 3 heteroatoms. The lowest BCUT2D eigenvalue weighted by atomic mass is 10.1. The summed E-state index contributed by atoms with van der Waals surface area (Å²) in [6, 6.07) is 18.0. The molecule has 3 nitrogen and oxygen atoms in total. The molecule has 0 saturated carbocycles. The van der Waals surface area contributed by atoms with Crippen molar-refractivity contribution in [2.45, 2.75) is 0 Å². The number of nitrogens with zero attached hydrogens (tertiary/aromatic N) is 2. The topological polar surface area (TPSA) is 38.9 Å². The molecule has 0 spiro atoms. The molecule has 0 aliphatic heterocycles. The second kappa shape index (κ2) is 4.87. The molecule has 100 valence electrons. The van der Waals surface area contributed by atoms with Crippen LogP contribution in [0.3, 0.4) is 0 Å². The van der Waals surface area contributed by atoms with E-state index in [1.807, 2.05) is 60.8 Å². The maximum absolute atomic E-state index is 5.93. The summed E-state index contributed by atoms with van der Waals surface area (Å²) >= 11 is 0. The summed E-state index contributed by atoms with van der Waals surface area (Å²) in [5, 5.41) is 2.17. The fourth-order valence-corrected chi connectivity index (χ4v) is 2.44. The highest BCUT2D eigenvalue weighted by molar-refractivity contribution is 5.94. The number of benzene rings is 2. The summed E-state index contributed by atoms with van der Waals surface area (Å²) in [6.07, 6.45) is 5.40. The van der Waals surface area contributed by atoms with Crippen LogP contribution in [-0.2, 0) is 0 Å². The highest BCUT2D eigenvalue weighted by Crippen LogP contribution is 2.30. The molecule has 2 aromatic heterocycles. The number of fused-ring (bicyclic) bond motifs is 1. The first-order valence-electron chi connectivity index (χ1n) is 6.76. The third-order valence-corrected chi connectivity index (χ3v) is 3.48. The Hall–Kier alpha value is -2.94. The molecule has 0 saturated heterocycles. The fourth-order valence-electron chi connectivity index (χ4n) is 2.44. The molecule has 0 unspecified atom stereocenters. The zero-order valence-electron chi connectivity index (χ0n) is 11.2. The van der Waals surface area contributed by atoms with E-state index in [1.54, 1.807) is 12.4 Å². The average molecular weight is 272 g/mol. The average Bonchev–Trinajstić information content (AvgIpc) is 3.05. The van der Waals surface area contributed by atoms with Crippen LogP contribution in [0.5, 0.6) is 0 Å². The molecule has 4 rings (SSSR count). The van der Waals surface area contributed by atoms with Crippen LogP contribution < -0.4 is 0 Å². The highest BCUT2D eigenvalue weighted by Gasteiger charge is 2.11. The highest BCUT2D eigenvalue weighted by atomic mass is 16.4.